The van der Waals surface area contributed by atoms with Crippen LogP contribution in [-0.2, 0) is 12.3 Å². The fourth-order valence-corrected chi connectivity index (χ4v) is 2.22. The first-order chi connectivity index (χ1) is 9.42. The monoisotopic (exact) mass is 291 g/mol. The second-order valence-electron chi connectivity index (χ2n) is 5.80. The van der Waals surface area contributed by atoms with Crippen molar-refractivity contribution < 1.29 is 4.42 Å². The Bertz CT molecular complexity index is 543. The number of hydrogen-bond acceptors (Lipinski definition) is 5. The fraction of sp³-hybridized carbons (Fsp3) is 0.467. The van der Waals surface area contributed by atoms with Crippen molar-refractivity contribution in [2.24, 2.45) is 0 Å². The number of hydrogen-bond donors (Lipinski definition) is 1. The highest BCUT2D eigenvalue weighted by Crippen LogP contribution is 2.20. The quantitative estimate of drug-likeness (QED) is 0.674. The number of nitrogens with one attached hydrogen (secondary N) is 1. The van der Waals surface area contributed by atoms with Gasteiger partial charge in [-0.2, -0.15) is 0 Å². The van der Waals surface area contributed by atoms with Crippen LogP contribution in [0.25, 0.3) is 0 Å². The van der Waals surface area contributed by atoms with Crippen LogP contribution in [0.2, 0.25) is 0 Å². The van der Waals surface area contributed by atoms with Crippen LogP contribution in [0.5, 0.6) is 0 Å². The molecule has 0 bridgehead atoms. The molecule has 4 nitrogen and oxygen atoms in total. The standard InChI is InChI=1S/C15H21N3OS/c1-11-7-16-14(17-8-11)20-10-13-6-5-12(19-13)9-18-15(2,3)4/h5-8,18H,9-10H2,1-4H3. The van der Waals surface area contributed by atoms with Gasteiger partial charge in [-0.15, -0.1) is 0 Å². The first kappa shape index (κ1) is 15.1. The zero-order valence-electron chi connectivity index (χ0n) is 12.4. The summed E-state index contributed by atoms with van der Waals surface area (Å²) in [6.07, 6.45) is 3.66. The van der Waals surface area contributed by atoms with E-state index in [9.17, 15) is 0 Å². The van der Waals surface area contributed by atoms with Gasteiger partial charge in [0.1, 0.15) is 11.5 Å². The van der Waals surface area contributed by atoms with Crippen molar-refractivity contribution in [3.05, 3.63) is 41.6 Å². The molecule has 0 unspecified atom stereocenters. The van der Waals surface area contributed by atoms with Gasteiger partial charge in [0.2, 0.25) is 0 Å². The van der Waals surface area contributed by atoms with Crippen LogP contribution in [0.15, 0.2) is 34.1 Å². The van der Waals surface area contributed by atoms with Crippen molar-refractivity contribution in [2.45, 2.75) is 50.7 Å². The first-order valence-corrected chi connectivity index (χ1v) is 7.65. The molecule has 0 atom stereocenters. The number of aromatic nitrogens is 2. The maximum absolute atomic E-state index is 5.79. The molecule has 0 spiro atoms. The summed E-state index contributed by atoms with van der Waals surface area (Å²) in [5, 5.41) is 4.19. The van der Waals surface area contributed by atoms with Gasteiger partial charge in [0.25, 0.3) is 0 Å². The molecule has 0 amide bonds. The van der Waals surface area contributed by atoms with Gasteiger partial charge >= 0.3 is 0 Å². The summed E-state index contributed by atoms with van der Waals surface area (Å²) in [7, 11) is 0. The van der Waals surface area contributed by atoms with Gasteiger partial charge in [0.15, 0.2) is 5.16 Å². The Morgan fingerprint density at radius 2 is 1.80 bits per heavy atom. The molecule has 1 N–H and O–H groups in total. The molecule has 20 heavy (non-hydrogen) atoms. The highest BCUT2D eigenvalue weighted by Gasteiger charge is 2.10. The molecule has 0 aliphatic heterocycles. The van der Waals surface area contributed by atoms with Gasteiger partial charge < -0.3 is 9.73 Å². The van der Waals surface area contributed by atoms with E-state index in [1.165, 1.54) is 0 Å². The van der Waals surface area contributed by atoms with Crippen LogP contribution in [-0.4, -0.2) is 15.5 Å². The second kappa shape index (κ2) is 6.41. The predicted molar refractivity (Wildman–Crippen MR) is 81.6 cm³/mol. The Hall–Kier alpha value is -1.33. The van der Waals surface area contributed by atoms with Crippen LogP contribution in [0.3, 0.4) is 0 Å². The third-order valence-corrected chi connectivity index (χ3v) is 3.51. The number of furan rings is 1. The fourth-order valence-electron chi connectivity index (χ4n) is 1.54. The molecular weight excluding hydrogens is 270 g/mol. The smallest absolute Gasteiger partial charge is 0.187 e. The minimum Gasteiger partial charge on any atom is -0.464 e. The normalized spacial score (nSPS) is 11.8. The second-order valence-corrected chi connectivity index (χ2v) is 6.75. The van der Waals surface area contributed by atoms with Crippen LogP contribution in [0.4, 0.5) is 0 Å². The molecule has 2 heterocycles. The maximum atomic E-state index is 5.79. The van der Waals surface area contributed by atoms with Crippen molar-refractivity contribution in [2.75, 3.05) is 0 Å². The Morgan fingerprint density at radius 1 is 1.15 bits per heavy atom. The van der Waals surface area contributed by atoms with E-state index in [2.05, 4.69) is 36.1 Å². The molecule has 108 valence electrons. The van der Waals surface area contributed by atoms with Gasteiger partial charge in [0, 0.05) is 17.9 Å². The molecule has 2 aromatic heterocycles. The Labute approximate surface area is 124 Å². The van der Waals surface area contributed by atoms with Crippen LogP contribution in [0, 0.1) is 6.92 Å². The summed E-state index contributed by atoms with van der Waals surface area (Å²) in [5.41, 5.74) is 1.17. The first-order valence-electron chi connectivity index (χ1n) is 6.66. The van der Waals surface area contributed by atoms with E-state index in [0.29, 0.717) is 0 Å². The lowest BCUT2D eigenvalue weighted by Gasteiger charge is -2.19. The lowest BCUT2D eigenvalue weighted by atomic mass is 10.1. The molecule has 0 saturated carbocycles. The van der Waals surface area contributed by atoms with E-state index >= 15 is 0 Å². The highest BCUT2D eigenvalue weighted by molar-refractivity contribution is 7.98. The largest absolute Gasteiger partial charge is 0.464 e. The molecule has 0 aliphatic carbocycles. The third-order valence-electron chi connectivity index (χ3n) is 2.61. The van der Waals surface area contributed by atoms with E-state index in [1.807, 2.05) is 31.5 Å². The Balaban J connectivity index is 1.85. The third kappa shape index (κ3) is 4.98. The number of rotatable bonds is 5. The number of nitrogens with zero attached hydrogens (tertiary/aromatic N) is 2. The molecule has 0 radical (unpaired) electrons. The van der Waals surface area contributed by atoms with E-state index in [1.54, 1.807) is 11.8 Å². The number of thioether (sulfide) groups is 1. The summed E-state index contributed by atoms with van der Waals surface area (Å²) in [4.78, 5) is 8.53. The predicted octanol–water partition coefficient (Wildman–Crippen LogP) is 3.56. The molecule has 0 aromatic carbocycles. The van der Waals surface area contributed by atoms with Crippen LogP contribution < -0.4 is 5.32 Å². The maximum Gasteiger partial charge on any atom is 0.187 e. The van der Waals surface area contributed by atoms with Crippen LogP contribution >= 0.6 is 11.8 Å². The van der Waals surface area contributed by atoms with E-state index in [0.717, 1.165) is 34.5 Å². The summed E-state index contributed by atoms with van der Waals surface area (Å²) in [6, 6.07) is 4.03. The van der Waals surface area contributed by atoms with Gasteiger partial charge in [-0.25, -0.2) is 9.97 Å². The van der Waals surface area contributed by atoms with Gasteiger partial charge in [-0.05, 0) is 45.4 Å². The molecule has 5 heteroatoms. The van der Waals surface area contributed by atoms with Crippen molar-refractivity contribution in [3.8, 4) is 0 Å². The van der Waals surface area contributed by atoms with E-state index in [-0.39, 0.29) is 5.54 Å². The lowest BCUT2D eigenvalue weighted by Crippen LogP contribution is -2.34. The summed E-state index contributed by atoms with van der Waals surface area (Å²) < 4.78 is 5.79. The van der Waals surface area contributed by atoms with Gasteiger partial charge in [-0.3, -0.25) is 0 Å². The summed E-state index contributed by atoms with van der Waals surface area (Å²) in [5.74, 6) is 2.66. The Morgan fingerprint density at radius 3 is 2.45 bits per heavy atom. The van der Waals surface area contributed by atoms with Crippen LogP contribution in [0.1, 0.15) is 37.9 Å². The van der Waals surface area contributed by atoms with Crippen molar-refractivity contribution in [1.29, 1.82) is 0 Å². The van der Waals surface area contributed by atoms with Gasteiger partial charge in [0.05, 0.1) is 12.3 Å². The molecule has 0 saturated heterocycles. The average molecular weight is 291 g/mol. The summed E-state index contributed by atoms with van der Waals surface area (Å²) in [6.45, 7) is 9.15. The average Bonchev–Trinajstić information content (AvgIpc) is 2.83. The van der Waals surface area contributed by atoms with Gasteiger partial charge in [-0.1, -0.05) is 11.8 Å². The minimum atomic E-state index is 0.0947. The minimum absolute atomic E-state index is 0.0947. The zero-order chi connectivity index (χ0) is 14.6. The van der Waals surface area contributed by atoms with E-state index in [4.69, 9.17) is 4.42 Å². The van der Waals surface area contributed by atoms with Crippen molar-refractivity contribution >= 4 is 11.8 Å². The molecule has 2 aromatic rings. The van der Waals surface area contributed by atoms with E-state index < -0.39 is 0 Å². The zero-order valence-corrected chi connectivity index (χ0v) is 13.3. The number of aryl methyl sites for hydroxylation is 1. The lowest BCUT2D eigenvalue weighted by molar-refractivity contribution is 0.382. The molecule has 0 fully saturated rings. The molecular formula is C15H21N3OS. The van der Waals surface area contributed by atoms with Crippen molar-refractivity contribution in [3.63, 3.8) is 0 Å². The summed E-state index contributed by atoms with van der Waals surface area (Å²) >= 11 is 1.58. The SMILES string of the molecule is Cc1cnc(SCc2ccc(CNC(C)(C)C)o2)nc1. The highest BCUT2D eigenvalue weighted by atomic mass is 32.2. The molecule has 0 aliphatic rings. The Kier molecular flexibility index (Phi) is 4.83. The topological polar surface area (TPSA) is 51.0 Å². The van der Waals surface area contributed by atoms with Crippen molar-refractivity contribution in [1.82, 2.24) is 15.3 Å². The molecule has 2 rings (SSSR count).